The Morgan fingerprint density at radius 3 is 3.00 bits per heavy atom. The van der Waals surface area contributed by atoms with E-state index in [0.717, 1.165) is 18.6 Å². The molecule has 1 fully saturated rings. The van der Waals surface area contributed by atoms with Crippen molar-refractivity contribution >= 4 is 17.1 Å². The third-order valence-electron chi connectivity index (χ3n) is 4.17. The molecule has 0 amide bonds. The normalized spacial score (nSPS) is 15.3. The van der Waals surface area contributed by atoms with Crippen molar-refractivity contribution in [3.63, 3.8) is 0 Å². The number of carbonyl (C=O) groups excluding carboxylic acids is 1. The van der Waals surface area contributed by atoms with Crippen LogP contribution in [0.15, 0.2) is 39.4 Å². The molecule has 0 aromatic carbocycles. The molecular formula is C17H16N2O4. The lowest BCUT2D eigenvalue weighted by molar-refractivity contribution is 0.0430. The standard InChI is InChI=1S/C17H16N2O4/c20-17(16-9-13-14(22-16)6-3-7-18-13)21-10-12-8-15(23-19-12)11-4-1-2-5-11/h3,6-9,11H,1-2,4-5,10H2. The largest absolute Gasteiger partial charge is 0.453 e. The predicted octanol–water partition coefficient (Wildman–Crippen LogP) is 3.83. The molecular weight excluding hydrogens is 296 g/mol. The topological polar surface area (TPSA) is 78.4 Å². The van der Waals surface area contributed by atoms with Gasteiger partial charge in [-0.15, -0.1) is 0 Å². The van der Waals surface area contributed by atoms with E-state index in [-0.39, 0.29) is 12.4 Å². The molecule has 0 radical (unpaired) electrons. The highest BCUT2D eigenvalue weighted by Gasteiger charge is 2.22. The summed E-state index contributed by atoms with van der Waals surface area (Å²) in [7, 11) is 0. The van der Waals surface area contributed by atoms with Crippen LogP contribution in [-0.2, 0) is 11.3 Å². The van der Waals surface area contributed by atoms with Crippen molar-refractivity contribution in [3.8, 4) is 0 Å². The third-order valence-corrected chi connectivity index (χ3v) is 4.17. The fraction of sp³-hybridized carbons (Fsp3) is 0.353. The minimum atomic E-state index is -0.534. The minimum Gasteiger partial charge on any atom is -0.453 e. The fourth-order valence-electron chi connectivity index (χ4n) is 2.98. The van der Waals surface area contributed by atoms with Gasteiger partial charge in [-0.3, -0.25) is 4.98 Å². The minimum absolute atomic E-state index is 0.0690. The molecule has 118 valence electrons. The van der Waals surface area contributed by atoms with Gasteiger partial charge in [0.05, 0.1) is 0 Å². The van der Waals surface area contributed by atoms with Gasteiger partial charge in [-0.1, -0.05) is 18.0 Å². The summed E-state index contributed by atoms with van der Waals surface area (Å²) in [5.41, 5.74) is 1.81. The van der Waals surface area contributed by atoms with E-state index in [9.17, 15) is 4.79 Å². The number of esters is 1. The highest BCUT2D eigenvalue weighted by molar-refractivity contribution is 5.91. The lowest BCUT2D eigenvalue weighted by Gasteiger charge is -2.01. The van der Waals surface area contributed by atoms with Crippen LogP contribution in [0.3, 0.4) is 0 Å². The van der Waals surface area contributed by atoms with Crippen LogP contribution in [-0.4, -0.2) is 16.1 Å². The first-order valence-electron chi connectivity index (χ1n) is 7.77. The summed E-state index contributed by atoms with van der Waals surface area (Å²) < 4.78 is 16.0. The zero-order chi connectivity index (χ0) is 15.6. The molecule has 0 spiro atoms. The molecule has 0 N–H and O–H groups in total. The van der Waals surface area contributed by atoms with Crippen molar-refractivity contribution in [2.24, 2.45) is 0 Å². The van der Waals surface area contributed by atoms with Gasteiger partial charge in [0.15, 0.2) is 5.58 Å². The molecule has 3 heterocycles. The Balaban J connectivity index is 1.41. The van der Waals surface area contributed by atoms with Gasteiger partial charge < -0.3 is 13.7 Å². The molecule has 0 unspecified atom stereocenters. The first-order chi connectivity index (χ1) is 11.3. The van der Waals surface area contributed by atoms with E-state index < -0.39 is 5.97 Å². The van der Waals surface area contributed by atoms with Crippen LogP contribution in [0.5, 0.6) is 0 Å². The van der Waals surface area contributed by atoms with Gasteiger partial charge in [-0.2, -0.15) is 0 Å². The second-order valence-electron chi connectivity index (χ2n) is 5.78. The van der Waals surface area contributed by atoms with E-state index in [1.807, 2.05) is 6.07 Å². The molecule has 1 saturated carbocycles. The van der Waals surface area contributed by atoms with Gasteiger partial charge in [0.25, 0.3) is 0 Å². The summed E-state index contributed by atoms with van der Waals surface area (Å²) in [5, 5.41) is 3.97. The molecule has 3 aromatic heterocycles. The number of furan rings is 1. The van der Waals surface area contributed by atoms with Crippen LogP contribution in [0.1, 0.15) is 53.6 Å². The van der Waals surface area contributed by atoms with Crippen molar-refractivity contribution < 1.29 is 18.5 Å². The molecule has 0 aliphatic heterocycles. The van der Waals surface area contributed by atoms with E-state index >= 15 is 0 Å². The second-order valence-corrected chi connectivity index (χ2v) is 5.78. The van der Waals surface area contributed by atoms with Gasteiger partial charge in [-0.05, 0) is 25.0 Å². The summed E-state index contributed by atoms with van der Waals surface area (Å²) in [6.45, 7) is 0.0690. The first-order valence-corrected chi connectivity index (χ1v) is 7.77. The maximum absolute atomic E-state index is 12.0. The molecule has 0 atom stereocenters. The van der Waals surface area contributed by atoms with Gasteiger partial charge >= 0.3 is 5.97 Å². The number of fused-ring (bicyclic) bond motifs is 1. The van der Waals surface area contributed by atoms with Gasteiger partial charge in [0.1, 0.15) is 23.6 Å². The number of hydrogen-bond donors (Lipinski definition) is 0. The SMILES string of the molecule is O=C(OCc1cc(C2CCCC2)on1)c1cc2ncccc2o1. The monoisotopic (exact) mass is 312 g/mol. The zero-order valence-electron chi connectivity index (χ0n) is 12.5. The molecule has 1 aliphatic carbocycles. The summed E-state index contributed by atoms with van der Waals surface area (Å²) >= 11 is 0. The highest BCUT2D eigenvalue weighted by Crippen LogP contribution is 2.34. The van der Waals surface area contributed by atoms with E-state index in [0.29, 0.717) is 22.7 Å². The van der Waals surface area contributed by atoms with Crippen molar-refractivity contribution in [3.05, 3.63) is 47.7 Å². The van der Waals surface area contributed by atoms with E-state index in [2.05, 4.69) is 10.1 Å². The number of ether oxygens (including phenoxy) is 1. The average molecular weight is 312 g/mol. The van der Waals surface area contributed by atoms with Crippen LogP contribution in [0.25, 0.3) is 11.1 Å². The Kier molecular flexibility index (Phi) is 3.57. The molecule has 23 heavy (non-hydrogen) atoms. The number of rotatable bonds is 4. The van der Waals surface area contributed by atoms with Crippen LogP contribution >= 0.6 is 0 Å². The Labute approximate surface area is 132 Å². The van der Waals surface area contributed by atoms with E-state index in [4.69, 9.17) is 13.7 Å². The molecule has 4 rings (SSSR count). The lowest BCUT2D eigenvalue weighted by Crippen LogP contribution is -2.04. The quantitative estimate of drug-likeness (QED) is 0.681. The number of hydrogen-bond acceptors (Lipinski definition) is 6. The Hall–Kier alpha value is -2.63. The summed E-state index contributed by atoms with van der Waals surface area (Å²) in [4.78, 5) is 16.2. The molecule has 1 aliphatic rings. The van der Waals surface area contributed by atoms with E-state index in [1.165, 1.54) is 12.8 Å². The van der Waals surface area contributed by atoms with Crippen LogP contribution < -0.4 is 0 Å². The lowest BCUT2D eigenvalue weighted by atomic mass is 10.1. The van der Waals surface area contributed by atoms with Crippen LogP contribution in [0.4, 0.5) is 0 Å². The van der Waals surface area contributed by atoms with Crippen LogP contribution in [0, 0.1) is 0 Å². The Morgan fingerprint density at radius 2 is 2.17 bits per heavy atom. The smallest absolute Gasteiger partial charge is 0.374 e. The number of nitrogens with zero attached hydrogens (tertiary/aromatic N) is 2. The third kappa shape index (κ3) is 2.84. The molecule has 6 heteroatoms. The molecule has 0 bridgehead atoms. The molecule has 6 nitrogen and oxygen atoms in total. The Morgan fingerprint density at radius 1 is 1.30 bits per heavy atom. The van der Waals surface area contributed by atoms with Crippen molar-refractivity contribution in [2.75, 3.05) is 0 Å². The molecule has 3 aromatic rings. The fourth-order valence-corrected chi connectivity index (χ4v) is 2.98. The second kappa shape index (κ2) is 5.87. The average Bonchev–Trinajstić information content (AvgIpc) is 3.31. The number of carbonyl (C=O) groups is 1. The maximum atomic E-state index is 12.0. The van der Waals surface area contributed by atoms with E-state index in [1.54, 1.807) is 24.4 Å². The van der Waals surface area contributed by atoms with Gasteiger partial charge in [-0.25, -0.2) is 4.79 Å². The van der Waals surface area contributed by atoms with Gasteiger partial charge in [0, 0.05) is 24.2 Å². The van der Waals surface area contributed by atoms with Crippen molar-refractivity contribution in [1.82, 2.24) is 10.1 Å². The van der Waals surface area contributed by atoms with Crippen molar-refractivity contribution in [1.29, 1.82) is 0 Å². The summed E-state index contributed by atoms with van der Waals surface area (Å²) in [6, 6.07) is 6.96. The first kappa shape index (κ1) is 14.0. The predicted molar refractivity (Wildman–Crippen MR) is 80.8 cm³/mol. The number of pyridine rings is 1. The maximum Gasteiger partial charge on any atom is 0.374 e. The molecule has 0 saturated heterocycles. The summed E-state index contributed by atoms with van der Waals surface area (Å²) in [5.74, 6) is 0.946. The summed E-state index contributed by atoms with van der Waals surface area (Å²) in [6.07, 6.45) is 6.39. The van der Waals surface area contributed by atoms with Crippen molar-refractivity contribution in [2.45, 2.75) is 38.2 Å². The highest BCUT2D eigenvalue weighted by atomic mass is 16.5. The number of aromatic nitrogens is 2. The van der Waals surface area contributed by atoms with Gasteiger partial charge in [0.2, 0.25) is 5.76 Å². The Bertz CT molecular complexity index is 797. The van der Waals surface area contributed by atoms with Crippen LogP contribution in [0.2, 0.25) is 0 Å². The zero-order valence-corrected chi connectivity index (χ0v) is 12.5.